The lowest BCUT2D eigenvalue weighted by Crippen LogP contribution is -2.51. The van der Waals surface area contributed by atoms with E-state index >= 15 is 0 Å². The van der Waals surface area contributed by atoms with E-state index in [1.807, 2.05) is 53.6 Å². The first-order valence-electron chi connectivity index (χ1n) is 9.50. The number of carbonyl (C=O) groups is 1. The van der Waals surface area contributed by atoms with Crippen LogP contribution in [0.3, 0.4) is 0 Å². The topological polar surface area (TPSA) is 80.0 Å². The Kier molecular flexibility index (Phi) is 5.67. The third kappa shape index (κ3) is 4.23. The molecule has 0 saturated carbocycles. The summed E-state index contributed by atoms with van der Waals surface area (Å²) in [4.78, 5) is 21.9. The molecule has 0 aliphatic carbocycles. The smallest absolute Gasteiger partial charge is 0.252 e. The summed E-state index contributed by atoms with van der Waals surface area (Å²) in [6.07, 6.45) is 4.25. The third-order valence-electron chi connectivity index (χ3n) is 5.07. The molecule has 0 spiro atoms. The number of rotatable bonds is 6. The van der Waals surface area contributed by atoms with Gasteiger partial charge in [-0.25, -0.2) is 4.68 Å². The van der Waals surface area contributed by atoms with Crippen LogP contribution in [0.5, 0.6) is 0 Å². The minimum absolute atomic E-state index is 0.0304. The van der Waals surface area contributed by atoms with Crippen molar-refractivity contribution in [1.29, 1.82) is 0 Å². The zero-order valence-corrected chi connectivity index (χ0v) is 15.6. The SMILES string of the molecule is O=C([C@H](c1ccccc1)n1cnnn1)N1CCN(CCc2ccccn2)CC1. The average molecular weight is 377 g/mol. The normalized spacial score (nSPS) is 16.1. The number of hydrogen-bond acceptors (Lipinski definition) is 6. The van der Waals surface area contributed by atoms with E-state index in [-0.39, 0.29) is 5.91 Å². The molecule has 1 aromatic carbocycles. The Morgan fingerprint density at radius 2 is 1.79 bits per heavy atom. The van der Waals surface area contributed by atoms with Gasteiger partial charge in [-0.1, -0.05) is 36.4 Å². The number of carbonyl (C=O) groups excluding carboxylic acids is 1. The second-order valence-electron chi connectivity index (χ2n) is 6.84. The maximum Gasteiger partial charge on any atom is 0.252 e. The van der Waals surface area contributed by atoms with Crippen LogP contribution in [0.25, 0.3) is 0 Å². The molecule has 2 aromatic heterocycles. The largest absolute Gasteiger partial charge is 0.338 e. The van der Waals surface area contributed by atoms with Gasteiger partial charge in [0.2, 0.25) is 0 Å². The predicted molar refractivity (Wildman–Crippen MR) is 103 cm³/mol. The Balaban J connectivity index is 1.38. The molecule has 8 nitrogen and oxygen atoms in total. The first-order chi connectivity index (χ1) is 13.8. The van der Waals surface area contributed by atoms with Gasteiger partial charge >= 0.3 is 0 Å². The number of aromatic nitrogens is 5. The molecule has 28 heavy (non-hydrogen) atoms. The van der Waals surface area contributed by atoms with Crippen molar-refractivity contribution >= 4 is 5.91 Å². The molecule has 1 atom stereocenters. The number of nitrogens with zero attached hydrogens (tertiary/aromatic N) is 7. The summed E-state index contributed by atoms with van der Waals surface area (Å²) in [7, 11) is 0. The van der Waals surface area contributed by atoms with E-state index in [0.717, 1.165) is 37.3 Å². The van der Waals surface area contributed by atoms with Crippen LogP contribution in [0, 0.1) is 0 Å². The standard InChI is InChI=1S/C20H23N7O/c28-20(19(27-16-22-23-24-27)17-6-2-1-3-7-17)26-14-12-25(13-15-26)11-9-18-8-4-5-10-21-18/h1-8,10,16,19H,9,11-15H2/t19-/m0/s1. The number of amides is 1. The molecule has 0 radical (unpaired) electrons. The van der Waals surface area contributed by atoms with Gasteiger partial charge in [0.25, 0.3) is 5.91 Å². The fourth-order valence-corrected chi connectivity index (χ4v) is 3.51. The van der Waals surface area contributed by atoms with Crippen LogP contribution in [0.1, 0.15) is 17.3 Å². The number of tetrazole rings is 1. The molecular formula is C20H23N7O. The lowest BCUT2D eigenvalue weighted by molar-refractivity contribution is -0.135. The van der Waals surface area contributed by atoms with Crippen molar-refractivity contribution < 1.29 is 4.79 Å². The first-order valence-corrected chi connectivity index (χ1v) is 9.50. The minimum Gasteiger partial charge on any atom is -0.338 e. The second-order valence-corrected chi connectivity index (χ2v) is 6.84. The molecule has 0 unspecified atom stereocenters. The van der Waals surface area contributed by atoms with E-state index in [4.69, 9.17) is 0 Å². The van der Waals surface area contributed by atoms with Crippen LogP contribution in [0.4, 0.5) is 0 Å². The number of pyridine rings is 1. The molecular weight excluding hydrogens is 354 g/mol. The zero-order valence-electron chi connectivity index (χ0n) is 15.6. The number of piperazine rings is 1. The molecule has 3 heterocycles. The van der Waals surface area contributed by atoms with Gasteiger partial charge in [0.1, 0.15) is 6.33 Å². The van der Waals surface area contributed by atoms with E-state index < -0.39 is 6.04 Å². The average Bonchev–Trinajstić information content (AvgIpc) is 3.28. The Bertz CT molecular complexity index is 862. The predicted octanol–water partition coefficient (Wildman–Crippen LogP) is 1.04. The number of hydrogen-bond donors (Lipinski definition) is 0. The highest BCUT2D eigenvalue weighted by atomic mass is 16.2. The quantitative estimate of drug-likeness (QED) is 0.639. The highest BCUT2D eigenvalue weighted by Crippen LogP contribution is 2.20. The maximum absolute atomic E-state index is 13.3. The van der Waals surface area contributed by atoms with E-state index in [9.17, 15) is 4.79 Å². The highest BCUT2D eigenvalue weighted by Gasteiger charge is 2.30. The van der Waals surface area contributed by atoms with Gasteiger partial charge in [0.15, 0.2) is 6.04 Å². The van der Waals surface area contributed by atoms with Gasteiger partial charge < -0.3 is 4.90 Å². The van der Waals surface area contributed by atoms with Crippen LogP contribution < -0.4 is 0 Å². The van der Waals surface area contributed by atoms with E-state index in [1.54, 1.807) is 0 Å². The summed E-state index contributed by atoms with van der Waals surface area (Å²) < 4.78 is 1.53. The van der Waals surface area contributed by atoms with Gasteiger partial charge in [-0.05, 0) is 28.1 Å². The summed E-state index contributed by atoms with van der Waals surface area (Å²) in [6, 6.07) is 15.1. The molecule has 0 N–H and O–H groups in total. The van der Waals surface area contributed by atoms with Crippen molar-refractivity contribution in [1.82, 2.24) is 35.0 Å². The second kappa shape index (κ2) is 8.71. The van der Waals surface area contributed by atoms with Gasteiger partial charge in [-0.3, -0.25) is 14.7 Å². The fraction of sp³-hybridized carbons (Fsp3) is 0.350. The molecule has 1 aliphatic heterocycles. The molecule has 1 amide bonds. The van der Waals surface area contributed by atoms with Gasteiger partial charge in [-0.15, -0.1) is 5.10 Å². The van der Waals surface area contributed by atoms with E-state index in [0.29, 0.717) is 13.1 Å². The van der Waals surface area contributed by atoms with Crippen LogP contribution in [-0.4, -0.2) is 73.6 Å². The minimum atomic E-state index is -0.531. The molecule has 144 valence electrons. The monoisotopic (exact) mass is 377 g/mol. The molecule has 4 rings (SSSR count). The van der Waals surface area contributed by atoms with E-state index in [1.165, 1.54) is 11.0 Å². The van der Waals surface area contributed by atoms with Gasteiger partial charge in [-0.2, -0.15) is 0 Å². The maximum atomic E-state index is 13.3. The lowest BCUT2D eigenvalue weighted by Gasteiger charge is -2.36. The highest BCUT2D eigenvalue weighted by molar-refractivity contribution is 5.83. The molecule has 1 aliphatic rings. The van der Waals surface area contributed by atoms with Crippen LogP contribution in [0.2, 0.25) is 0 Å². The Morgan fingerprint density at radius 3 is 2.46 bits per heavy atom. The summed E-state index contributed by atoms with van der Waals surface area (Å²) >= 11 is 0. The van der Waals surface area contributed by atoms with Gasteiger partial charge in [0, 0.05) is 51.0 Å². The summed E-state index contributed by atoms with van der Waals surface area (Å²) in [5.41, 5.74) is 1.99. The van der Waals surface area contributed by atoms with Crippen LogP contribution in [-0.2, 0) is 11.2 Å². The Hall–Kier alpha value is -3.13. The lowest BCUT2D eigenvalue weighted by atomic mass is 10.1. The number of benzene rings is 1. The van der Waals surface area contributed by atoms with Crippen molar-refractivity contribution in [3.8, 4) is 0 Å². The Morgan fingerprint density at radius 1 is 1.00 bits per heavy atom. The molecule has 0 bridgehead atoms. The van der Waals surface area contributed by atoms with Crippen LogP contribution in [0.15, 0.2) is 61.1 Å². The first kappa shape index (κ1) is 18.2. The molecule has 3 aromatic rings. The third-order valence-corrected chi connectivity index (χ3v) is 5.07. The summed E-state index contributed by atoms with van der Waals surface area (Å²) in [5, 5.41) is 11.4. The van der Waals surface area contributed by atoms with Crippen molar-refractivity contribution in [3.05, 3.63) is 72.3 Å². The van der Waals surface area contributed by atoms with Crippen molar-refractivity contribution in [2.45, 2.75) is 12.5 Å². The molecule has 8 heteroatoms. The van der Waals surface area contributed by atoms with Crippen LogP contribution >= 0.6 is 0 Å². The molecule has 1 saturated heterocycles. The molecule has 1 fully saturated rings. The zero-order chi connectivity index (χ0) is 19.2. The van der Waals surface area contributed by atoms with Gasteiger partial charge in [0.05, 0.1) is 0 Å². The van der Waals surface area contributed by atoms with Crippen molar-refractivity contribution in [3.63, 3.8) is 0 Å². The van der Waals surface area contributed by atoms with Crippen molar-refractivity contribution in [2.75, 3.05) is 32.7 Å². The van der Waals surface area contributed by atoms with E-state index in [2.05, 4.69) is 31.5 Å². The Labute approximate surface area is 163 Å². The van der Waals surface area contributed by atoms with Crippen molar-refractivity contribution in [2.24, 2.45) is 0 Å². The fourth-order valence-electron chi connectivity index (χ4n) is 3.51. The summed E-state index contributed by atoms with van der Waals surface area (Å²) in [5.74, 6) is 0.0304. The summed E-state index contributed by atoms with van der Waals surface area (Å²) in [6.45, 7) is 4.07.